The molecule has 1 aliphatic rings. The first-order valence-electron chi connectivity index (χ1n) is 15.3. The number of pyridine rings is 1. The summed E-state index contributed by atoms with van der Waals surface area (Å²) >= 11 is 1.53. The van der Waals surface area contributed by atoms with E-state index in [1.807, 2.05) is 70.3 Å². The van der Waals surface area contributed by atoms with Crippen LogP contribution in [0, 0.1) is 18.8 Å². The molecule has 0 aliphatic carbocycles. The van der Waals surface area contributed by atoms with Gasteiger partial charge in [0.1, 0.15) is 10.9 Å². The molecular weight excluding hydrogens is 613 g/mol. The number of sulfonamides is 1. The molecule has 1 saturated heterocycles. The number of hydrogen-bond donors (Lipinski definition) is 2. The topological polar surface area (TPSA) is 136 Å². The maximum Gasteiger partial charge on any atom is 0.321 e. The normalized spacial score (nSPS) is 16.1. The Morgan fingerprint density at radius 1 is 1.09 bits per heavy atom. The lowest BCUT2D eigenvalue weighted by Gasteiger charge is -2.34. The molecule has 3 amide bonds. The summed E-state index contributed by atoms with van der Waals surface area (Å²) in [6, 6.07) is 10.6. The van der Waals surface area contributed by atoms with E-state index in [0.717, 1.165) is 16.3 Å². The average Bonchev–Trinajstić information content (AvgIpc) is 3.57. The number of hydrogen-bond acceptors (Lipinski definition) is 8. The Kier molecular flexibility index (Phi) is 11.7. The smallest absolute Gasteiger partial charge is 0.321 e. The largest absolute Gasteiger partial charge is 0.390 e. The molecule has 3 aromatic rings. The summed E-state index contributed by atoms with van der Waals surface area (Å²) in [5.41, 5.74) is 1.69. The van der Waals surface area contributed by atoms with Crippen molar-refractivity contribution in [3.63, 3.8) is 0 Å². The van der Waals surface area contributed by atoms with Gasteiger partial charge in [0.25, 0.3) is 0 Å². The van der Waals surface area contributed by atoms with Crippen LogP contribution in [0.5, 0.6) is 0 Å². The molecule has 0 radical (unpaired) electrons. The Hall–Kier alpha value is -3.39. The summed E-state index contributed by atoms with van der Waals surface area (Å²) < 4.78 is 28.5. The molecule has 4 rings (SSSR count). The highest BCUT2D eigenvalue weighted by molar-refractivity contribution is 7.89. The summed E-state index contributed by atoms with van der Waals surface area (Å²) in [5.74, 6) is -0.628. The van der Waals surface area contributed by atoms with Crippen LogP contribution in [0.1, 0.15) is 44.0 Å². The van der Waals surface area contributed by atoms with Gasteiger partial charge in [0.2, 0.25) is 15.9 Å². The number of aryl methyl sites for hydroxylation is 1. The van der Waals surface area contributed by atoms with Crippen LogP contribution in [0.4, 0.5) is 4.79 Å². The van der Waals surface area contributed by atoms with Crippen LogP contribution in [0.2, 0.25) is 0 Å². The van der Waals surface area contributed by atoms with Crippen molar-refractivity contribution in [3.8, 4) is 0 Å². The molecule has 0 unspecified atom stereocenters. The van der Waals surface area contributed by atoms with Crippen molar-refractivity contribution in [2.24, 2.45) is 11.8 Å². The van der Waals surface area contributed by atoms with Crippen LogP contribution in [-0.4, -0.2) is 93.9 Å². The average molecular weight is 657 g/mol. The van der Waals surface area contributed by atoms with Gasteiger partial charge in [0, 0.05) is 44.0 Å². The molecule has 45 heavy (non-hydrogen) atoms. The second-order valence-corrected chi connectivity index (χ2v) is 15.2. The highest BCUT2D eigenvalue weighted by Gasteiger charge is 2.40. The number of aromatic nitrogens is 2. The minimum atomic E-state index is -3.97. The van der Waals surface area contributed by atoms with Gasteiger partial charge in [-0.3, -0.25) is 9.78 Å². The molecular formula is C32H44N6O5S2. The highest BCUT2D eigenvalue weighted by atomic mass is 32.2. The zero-order valence-electron chi connectivity index (χ0n) is 26.5. The Labute approximate surface area is 270 Å². The number of aliphatic hydroxyl groups is 1. The van der Waals surface area contributed by atoms with Crippen LogP contribution in [0.25, 0.3) is 0 Å². The number of benzene rings is 1. The van der Waals surface area contributed by atoms with E-state index in [9.17, 15) is 23.1 Å². The van der Waals surface area contributed by atoms with Gasteiger partial charge in [-0.2, -0.15) is 4.31 Å². The lowest BCUT2D eigenvalue weighted by Crippen LogP contribution is -2.57. The zero-order chi connectivity index (χ0) is 32.7. The third-order valence-corrected chi connectivity index (χ3v) is 10.3. The number of nitrogens with one attached hydrogen (secondary N) is 1. The fraction of sp³-hybridized carbons (Fsp3) is 0.500. The Morgan fingerprint density at radius 3 is 2.42 bits per heavy atom. The van der Waals surface area contributed by atoms with Gasteiger partial charge in [-0.15, -0.1) is 11.3 Å². The zero-order valence-corrected chi connectivity index (χ0v) is 28.2. The van der Waals surface area contributed by atoms with E-state index in [0.29, 0.717) is 19.6 Å². The fourth-order valence-corrected chi connectivity index (χ4v) is 7.76. The number of thiazole rings is 1. The molecule has 1 aromatic carbocycles. The summed E-state index contributed by atoms with van der Waals surface area (Å²) in [7, 11) is -3.97. The third-order valence-electron chi connectivity index (χ3n) is 7.70. The van der Waals surface area contributed by atoms with Crippen molar-refractivity contribution in [1.82, 2.24) is 29.4 Å². The predicted molar refractivity (Wildman–Crippen MR) is 174 cm³/mol. The molecule has 244 valence electrons. The molecule has 0 bridgehead atoms. The summed E-state index contributed by atoms with van der Waals surface area (Å²) in [6.45, 7) is 10.7. The van der Waals surface area contributed by atoms with Crippen molar-refractivity contribution in [3.05, 3.63) is 76.5 Å². The van der Waals surface area contributed by atoms with Gasteiger partial charge in [0.15, 0.2) is 0 Å². The molecule has 11 nitrogen and oxygen atoms in total. The second kappa shape index (κ2) is 15.3. The van der Waals surface area contributed by atoms with E-state index >= 15 is 0 Å². The first-order valence-corrected chi connectivity index (χ1v) is 17.6. The van der Waals surface area contributed by atoms with Crippen LogP contribution in [0.15, 0.2) is 65.1 Å². The Bertz CT molecular complexity index is 1520. The van der Waals surface area contributed by atoms with Crippen LogP contribution >= 0.6 is 11.3 Å². The number of carbonyl (C=O) groups is 2. The van der Waals surface area contributed by atoms with E-state index in [-0.39, 0.29) is 42.3 Å². The number of aliphatic hydroxyl groups excluding tert-OH is 1. The van der Waals surface area contributed by atoms with Gasteiger partial charge >= 0.3 is 6.03 Å². The molecule has 2 aromatic heterocycles. The molecule has 0 saturated carbocycles. The third kappa shape index (κ3) is 8.87. The maximum absolute atomic E-state index is 14.0. The van der Waals surface area contributed by atoms with Gasteiger partial charge < -0.3 is 20.2 Å². The predicted octanol–water partition coefficient (Wildman–Crippen LogP) is 3.54. The lowest BCUT2D eigenvalue weighted by atomic mass is 9.97. The van der Waals surface area contributed by atoms with Crippen molar-refractivity contribution in [1.29, 1.82) is 0 Å². The van der Waals surface area contributed by atoms with Gasteiger partial charge in [0.05, 0.1) is 29.4 Å². The second-order valence-electron chi connectivity index (χ2n) is 12.2. The molecule has 3 atom stereocenters. The summed E-state index contributed by atoms with van der Waals surface area (Å²) in [4.78, 5) is 39.2. The van der Waals surface area contributed by atoms with E-state index < -0.39 is 34.1 Å². The minimum absolute atomic E-state index is 0.0200. The number of carbonyl (C=O) groups excluding carboxylic acids is 2. The minimum Gasteiger partial charge on any atom is -0.390 e. The van der Waals surface area contributed by atoms with Gasteiger partial charge in [-0.1, -0.05) is 58.0 Å². The van der Waals surface area contributed by atoms with Crippen molar-refractivity contribution >= 4 is 33.3 Å². The molecule has 0 spiro atoms. The SMILES string of the molecule is Cc1nc(CN2CCN([C@H](C(=O)N[C@@H](Cc3ccccc3)[C@H](O)CN(CC(C)C)S(=O)(=O)c3cccnc3)C(C)C)C2=O)cs1. The van der Waals surface area contributed by atoms with Crippen LogP contribution in [0.3, 0.4) is 0 Å². The lowest BCUT2D eigenvalue weighted by molar-refractivity contribution is -0.128. The number of amides is 3. The van der Waals surface area contributed by atoms with Gasteiger partial charge in [-0.05, 0) is 42.9 Å². The Morgan fingerprint density at radius 2 is 1.82 bits per heavy atom. The van der Waals surface area contributed by atoms with Gasteiger partial charge in [-0.25, -0.2) is 18.2 Å². The summed E-state index contributed by atoms with van der Waals surface area (Å²) in [5, 5.41) is 17.5. The van der Waals surface area contributed by atoms with E-state index in [2.05, 4.69) is 15.3 Å². The quantitative estimate of drug-likeness (QED) is 0.256. The first kappa shape index (κ1) is 34.5. The maximum atomic E-state index is 14.0. The van der Waals surface area contributed by atoms with Crippen molar-refractivity contribution < 1.29 is 23.1 Å². The number of rotatable bonds is 15. The molecule has 13 heteroatoms. The van der Waals surface area contributed by atoms with Crippen LogP contribution in [-0.2, 0) is 27.8 Å². The van der Waals surface area contributed by atoms with Crippen molar-refractivity contribution in [2.75, 3.05) is 26.2 Å². The molecule has 3 heterocycles. The molecule has 2 N–H and O–H groups in total. The van der Waals surface area contributed by atoms with Crippen LogP contribution < -0.4 is 5.32 Å². The molecule has 1 fully saturated rings. The van der Waals surface area contributed by atoms with E-state index in [1.54, 1.807) is 15.9 Å². The Balaban J connectivity index is 1.56. The summed E-state index contributed by atoms with van der Waals surface area (Å²) in [6.07, 6.45) is 1.81. The fourth-order valence-electron chi connectivity index (χ4n) is 5.57. The standard InChI is InChI=1S/C32H44N6O5S2/c1-22(2)18-37(45(42,43)27-12-9-13-33-17-27)20-29(39)28(16-25-10-7-6-8-11-25)35-31(40)30(23(3)4)38-15-14-36(32(38)41)19-26-21-44-24(5)34-26/h6-13,17,21-23,28-30,39H,14-16,18-20H2,1-5H3,(H,35,40)/t28-,29+,30-/m0/s1. The monoisotopic (exact) mass is 656 g/mol. The van der Waals surface area contributed by atoms with E-state index in [4.69, 9.17) is 0 Å². The number of nitrogens with zero attached hydrogens (tertiary/aromatic N) is 5. The van der Waals surface area contributed by atoms with Crippen molar-refractivity contribution in [2.45, 2.75) is 70.7 Å². The number of urea groups is 1. The molecule has 1 aliphatic heterocycles. The van der Waals surface area contributed by atoms with E-state index in [1.165, 1.54) is 34.1 Å². The first-order chi connectivity index (χ1) is 21.4. The highest BCUT2D eigenvalue weighted by Crippen LogP contribution is 2.23.